The lowest BCUT2D eigenvalue weighted by Gasteiger charge is -2.10. The fraction of sp³-hybridized carbons (Fsp3) is 0.467. The fourth-order valence-electron chi connectivity index (χ4n) is 1.79. The average molecular weight is 277 g/mol. The third kappa shape index (κ3) is 5.73. The maximum atomic E-state index is 11.8. The highest BCUT2D eigenvalue weighted by atomic mass is 16.2. The number of hydrogen-bond donors (Lipinski definition) is 3. The van der Waals surface area contributed by atoms with Crippen molar-refractivity contribution in [2.75, 3.05) is 11.1 Å². The van der Waals surface area contributed by atoms with Gasteiger partial charge >= 0.3 is 0 Å². The summed E-state index contributed by atoms with van der Waals surface area (Å²) in [4.78, 5) is 23.2. The minimum absolute atomic E-state index is 0.0204. The summed E-state index contributed by atoms with van der Waals surface area (Å²) in [6.07, 6.45) is 1.22. The molecule has 4 N–H and O–H groups in total. The van der Waals surface area contributed by atoms with Gasteiger partial charge in [-0.2, -0.15) is 0 Å². The summed E-state index contributed by atoms with van der Waals surface area (Å²) in [5.41, 5.74) is 7.99. The molecule has 0 aliphatic carbocycles. The smallest absolute Gasteiger partial charge is 0.224 e. The van der Waals surface area contributed by atoms with Crippen LogP contribution in [-0.2, 0) is 9.59 Å². The van der Waals surface area contributed by atoms with Gasteiger partial charge in [-0.3, -0.25) is 9.59 Å². The average Bonchev–Trinajstić information content (AvgIpc) is 2.33. The van der Waals surface area contributed by atoms with E-state index in [0.29, 0.717) is 24.9 Å². The van der Waals surface area contributed by atoms with E-state index in [9.17, 15) is 9.59 Å². The van der Waals surface area contributed by atoms with E-state index >= 15 is 0 Å². The minimum atomic E-state index is -0.101. The van der Waals surface area contributed by atoms with E-state index < -0.39 is 0 Å². The number of hydrogen-bond acceptors (Lipinski definition) is 3. The molecule has 0 bridgehead atoms. The minimum Gasteiger partial charge on any atom is -0.399 e. The molecule has 0 heterocycles. The highest BCUT2D eigenvalue weighted by Gasteiger charge is 2.08. The van der Waals surface area contributed by atoms with Crippen molar-refractivity contribution in [1.29, 1.82) is 0 Å². The first kappa shape index (κ1) is 16.0. The van der Waals surface area contributed by atoms with Crippen molar-refractivity contribution >= 4 is 23.2 Å². The van der Waals surface area contributed by atoms with Gasteiger partial charge in [-0.15, -0.1) is 0 Å². The van der Waals surface area contributed by atoms with Crippen LogP contribution in [-0.4, -0.2) is 17.9 Å². The van der Waals surface area contributed by atoms with Crippen molar-refractivity contribution in [1.82, 2.24) is 5.32 Å². The number of amides is 2. The van der Waals surface area contributed by atoms with E-state index in [-0.39, 0.29) is 17.9 Å². The lowest BCUT2D eigenvalue weighted by Crippen LogP contribution is -2.30. The number of anilines is 2. The second kappa shape index (κ2) is 7.53. The summed E-state index contributed by atoms with van der Waals surface area (Å²) in [7, 11) is 0. The Morgan fingerprint density at radius 2 is 1.85 bits per heavy atom. The standard InChI is InChI=1S/C15H23N3O2/c1-10(2)17-14(19)5-4-6-15(20)18-13-9-12(16)8-7-11(13)3/h7-10H,4-6,16H2,1-3H3,(H,17,19)(H,18,20). The second-order valence-electron chi connectivity index (χ2n) is 5.20. The molecule has 1 aromatic rings. The number of benzene rings is 1. The SMILES string of the molecule is Cc1ccc(N)cc1NC(=O)CCCC(=O)NC(C)C. The highest BCUT2D eigenvalue weighted by Crippen LogP contribution is 2.18. The Hall–Kier alpha value is -2.04. The largest absolute Gasteiger partial charge is 0.399 e. The van der Waals surface area contributed by atoms with Crippen LogP contribution in [0.4, 0.5) is 11.4 Å². The van der Waals surface area contributed by atoms with Gasteiger partial charge in [-0.25, -0.2) is 0 Å². The third-order valence-electron chi connectivity index (χ3n) is 2.79. The predicted octanol–water partition coefficient (Wildman–Crippen LogP) is 2.21. The van der Waals surface area contributed by atoms with Gasteiger partial charge in [0.15, 0.2) is 0 Å². The first-order chi connectivity index (χ1) is 9.38. The van der Waals surface area contributed by atoms with Crippen molar-refractivity contribution in [2.45, 2.75) is 46.1 Å². The molecule has 0 saturated carbocycles. The van der Waals surface area contributed by atoms with Crippen LogP contribution in [0.5, 0.6) is 0 Å². The van der Waals surface area contributed by atoms with Gasteiger partial charge in [0.05, 0.1) is 0 Å². The van der Waals surface area contributed by atoms with Gasteiger partial charge < -0.3 is 16.4 Å². The van der Waals surface area contributed by atoms with Crippen LogP contribution < -0.4 is 16.4 Å². The lowest BCUT2D eigenvalue weighted by atomic mass is 10.1. The van der Waals surface area contributed by atoms with Crippen LogP contribution in [0.15, 0.2) is 18.2 Å². The van der Waals surface area contributed by atoms with E-state index in [2.05, 4.69) is 10.6 Å². The molecule has 0 aliphatic rings. The Bertz CT molecular complexity index is 484. The molecular formula is C15H23N3O2. The van der Waals surface area contributed by atoms with Crippen LogP contribution >= 0.6 is 0 Å². The van der Waals surface area contributed by atoms with E-state index in [1.807, 2.05) is 26.8 Å². The molecule has 0 radical (unpaired) electrons. The molecule has 0 unspecified atom stereocenters. The van der Waals surface area contributed by atoms with Gasteiger partial charge in [0, 0.05) is 30.3 Å². The Labute approximate surface area is 119 Å². The van der Waals surface area contributed by atoms with Crippen molar-refractivity contribution < 1.29 is 9.59 Å². The van der Waals surface area contributed by atoms with Crippen molar-refractivity contribution in [2.24, 2.45) is 0 Å². The van der Waals surface area contributed by atoms with E-state index in [1.165, 1.54) is 0 Å². The monoisotopic (exact) mass is 277 g/mol. The van der Waals surface area contributed by atoms with E-state index in [1.54, 1.807) is 12.1 Å². The maximum Gasteiger partial charge on any atom is 0.224 e. The first-order valence-corrected chi connectivity index (χ1v) is 6.84. The molecule has 5 nitrogen and oxygen atoms in total. The molecule has 1 rings (SSSR count). The summed E-state index contributed by atoms with van der Waals surface area (Å²) < 4.78 is 0. The molecule has 1 aromatic carbocycles. The first-order valence-electron chi connectivity index (χ1n) is 6.84. The molecule has 2 amide bonds. The number of carbonyl (C=O) groups excluding carboxylic acids is 2. The fourth-order valence-corrected chi connectivity index (χ4v) is 1.79. The van der Waals surface area contributed by atoms with Crippen LogP contribution in [0, 0.1) is 6.92 Å². The maximum absolute atomic E-state index is 11.8. The zero-order valence-corrected chi connectivity index (χ0v) is 12.3. The topological polar surface area (TPSA) is 84.2 Å². The number of rotatable bonds is 6. The third-order valence-corrected chi connectivity index (χ3v) is 2.79. The molecule has 0 spiro atoms. The highest BCUT2D eigenvalue weighted by molar-refractivity contribution is 5.92. The molecule has 110 valence electrons. The van der Waals surface area contributed by atoms with E-state index in [4.69, 9.17) is 5.73 Å². The number of carbonyl (C=O) groups is 2. The molecule has 20 heavy (non-hydrogen) atoms. The predicted molar refractivity (Wildman–Crippen MR) is 81.4 cm³/mol. The molecule has 0 aromatic heterocycles. The Kier molecular flexibility index (Phi) is 6.03. The Balaban J connectivity index is 2.37. The molecule has 5 heteroatoms. The zero-order chi connectivity index (χ0) is 15.1. The molecule has 0 fully saturated rings. The van der Waals surface area contributed by atoms with Crippen LogP contribution in [0.3, 0.4) is 0 Å². The van der Waals surface area contributed by atoms with Crippen LogP contribution in [0.25, 0.3) is 0 Å². The number of aryl methyl sites for hydroxylation is 1. The molecule has 0 aliphatic heterocycles. The van der Waals surface area contributed by atoms with Crippen molar-refractivity contribution in [3.63, 3.8) is 0 Å². The van der Waals surface area contributed by atoms with Crippen LogP contribution in [0.1, 0.15) is 38.7 Å². The van der Waals surface area contributed by atoms with Gasteiger partial charge in [-0.05, 0) is 44.9 Å². The lowest BCUT2D eigenvalue weighted by molar-refractivity contribution is -0.121. The number of nitrogens with two attached hydrogens (primary N) is 1. The molecular weight excluding hydrogens is 254 g/mol. The van der Waals surface area contributed by atoms with Gasteiger partial charge in [0.2, 0.25) is 11.8 Å². The summed E-state index contributed by atoms with van der Waals surface area (Å²) in [5, 5.41) is 5.61. The van der Waals surface area contributed by atoms with E-state index in [0.717, 1.165) is 11.3 Å². The summed E-state index contributed by atoms with van der Waals surface area (Å²) in [6, 6.07) is 5.52. The summed E-state index contributed by atoms with van der Waals surface area (Å²) in [6.45, 7) is 5.73. The Morgan fingerprint density at radius 1 is 1.20 bits per heavy atom. The summed E-state index contributed by atoms with van der Waals surface area (Å²) in [5.74, 6) is -0.121. The van der Waals surface area contributed by atoms with Crippen molar-refractivity contribution in [3.8, 4) is 0 Å². The second-order valence-corrected chi connectivity index (χ2v) is 5.20. The number of nitrogen functional groups attached to an aromatic ring is 1. The van der Waals surface area contributed by atoms with Crippen LogP contribution in [0.2, 0.25) is 0 Å². The van der Waals surface area contributed by atoms with Gasteiger partial charge in [0.25, 0.3) is 0 Å². The quantitative estimate of drug-likeness (QED) is 0.697. The normalized spacial score (nSPS) is 10.4. The molecule has 0 saturated heterocycles. The van der Waals surface area contributed by atoms with Gasteiger partial charge in [-0.1, -0.05) is 6.07 Å². The van der Waals surface area contributed by atoms with Crippen molar-refractivity contribution in [3.05, 3.63) is 23.8 Å². The molecule has 0 atom stereocenters. The van der Waals surface area contributed by atoms with Gasteiger partial charge in [0.1, 0.15) is 0 Å². The number of nitrogens with one attached hydrogen (secondary N) is 2. The Morgan fingerprint density at radius 3 is 2.50 bits per heavy atom. The zero-order valence-electron chi connectivity index (χ0n) is 12.3. The summed E-state index contributed by atoms with van der Waals surface area (Å²) >= 11 is 0.